The number of anilines is 1. The van der Waals surface area contributed by atoms with Crippen molar-refractivity contribution in [2.45, 2.75) is 13.8 Å². The van der Waals surface area contributed by atoms with Crippen LogP contribution in [-0.2, 0) is 19.1 Å². The van der Waals surface area contributed by atoms with Gasteiger partial charge >= 0.3 is 5.97 Å². The largest absolute Gasteiger partial charge is 0.495 e. The first-order chi connectivity index (χ1) is 13.8. The summed E-state index contributed by atoms with van der Waals surface area (Å²) in [4.78, 5) is 49.7. The molecule has 0 N–H and O–H groups in total. The van der Waals surface area contributed by atoms with E-state index >= 15 is 0 Å². The number of amides is 2. The van der Waals surface area contributed by atoms with Gasteiger partial charge in [0.2, 0.25) is 5.91 Å². The zero-order chi connectivity index (χ0) is 21.3. The molecule has 0 atom stereocenters. The summed E-state index contributed by atoms with van der Waals surface area (Å²) in [6.45, 7) is 2.72. The van der Waals surface area contributed by atoms with Crippen molar-refractivity contribution < 1.29 is 28.7 Å². The monoisotopic (exact) mass is 393 g/mol. The van der Waals surface area contributed by atoms with Crippen LogP contribution >= 0.6 is 0 Å². The number of imide groups is 1. The second-order valence-electron chi connectivity index (χ2n) is 6.42. The molecule has 0 spiro atoms. The van der Waals surface area contributed by atoms with E-state index in [9.17, 15) is 19.2 Å². The molecule has 1 aliphatic rings. The van der Waals surface area contributed by atoms with Gasteiger partial charge in [-0.25, -0.2) is 9.69 Å². The highest BCUT2D eigenvalue weighted by Gasteiger charge is 2.38. The molecule has 29 heavy (non-hydrogen) atoms. The molecular formula is C22H19NO6. The van der Waals surface area contributed by atoms with Gasteiger partial charge in [-0.2, -0.15) is 0 Å². The lowest BCUT2D eigenvalue weighted by molar-refractivity contribution is -0.122. The Morgan fingerprint density at radius 1 is 0.828 bits per heavy atom. The summed E-state index contributed by atoms with van der Waals surface area (Å²) in [5.74, 6) is -1.40. The number of esters is 1. The van der Waals surface area contributed by atoms with Gasteiger partial charge in [0.05, 0.1) is 31.0 Å². The SMILES string of the molecule is COC(=O)c1ccc(/C(OC)=C2/C(=O)N(C(C)=O)c3ccc(C(C)=O)cc32)cc1. The maximum absolute atomic E-state index is 13.1. The molecule has 7 heteroatoms. The number of hydrogen-bond donors (Lipinski definition) is 0. The summed E-state index contributed by atoms with van der Waals surface area (Å²) in [5, 5.41) is 0. The first kappa shape index (κ1) is 20.0. The first-order valence-electron chi connectivity index (χ1n) is 8.77. The molecule has 1 heterocycles. The van der Waals surface area contributed by atoms with Crippen molar-refractivity contribution in [3.63, 3.8) is 0 Å². The first-order valence-corrected chi connectivity index (χ1v) is 8.77. The number of carbonyl (C=O) groups excluding carboxylic acids is 4. The summed E-state index contributed by atoms with van der Waals surface area (Å²) < 4.78 is 10.2. The molecule has 0 aliphatic carbocycles. The third-order valence-electron chi connectivity index (χ3n) is 4.64. The summed E-state index contributed by atoms with van der Waals surface area (Å²) in [6, 6.07) is 11.1. The highest BCUT2D eigenvalue weighted by Crippen LogP contribution is 2.41. The molecule has 0 fully saturated rings. The Labute approximate surface area is 167 Å². The summed E-state index contributed by atoms with van der Waals surface area (Å²) in [6.07, 6.45) is 0. The van der Waals surface area contributed by atoms with Crippen molar-refractivity contribution in [1.82, 2.24) is 0 Å². The van der Waals surface area contributed by atoms with Crippen LogP contribution in [0.2, 0.25) is 0 Å². The van der Waals surface area contributed by atoms with Gasteiger partial charge in [-0.15, -0.1) is 0 Å². The van der Waals surface area contributed by atoms with E-state index in [-0.39, 0.29) is 17.1 Å². The number of methoxy groups -OCH3 is 2. The molecule has 0 aromatic heterocycles. The average Bonchev–Trinajstić information content (AvgIpc) is 3.00. The van der Waals surface area contributed by atoms with E-state index in [0.29, 0.717) is 27.9 Å². The van der Waals surface area contributed by atoms with E-state index < -0.39 is 17.8 Å². The van der Waals surface area contributed by atoms with Crippen molar-refractivity contribution in [1.29, 1.82) is 0 Å². The van der Waals surface area contributed by atoms with Crippen LogP contribution in [0.3, 0.4) is 0 Å². The Balaban J connectivity index is 2.23. The predicted octanol–water partition coefficient (Wildman–Crippen LogP) is 3.08. The maximum Gasteiger partial charge on any atom is 0.337 e. The average molecular weight is 393 g/mol. The Morgan fingerprint density at radius 3 is 1.93 bits per heavy atom. The van der Waals surface area contributed by atoms with Gasteiger partial charge in [0.1, 0.15) is 5.76 Å². The number of ether oxygens (including phenoxy) is 2. The van der Waals surface area contributed by atoms with Crippen molar-refractivity contribution in [3.8, 4) is 0 Å². The van der Waals surface area contributed by atoms with E-state index in [1.165, 1.54) is 28.1 Å². The highest BCUT2D eigenvalue weighted by atomic mass is 16.5. The van der Waals surface area contributed by atoms with Gasteiger partial charge in [-0.3, -0.25) is 14.4 Å². The van der Waals surface area contributed by atoms with Gasteiger partial charge in [-0.1, -0.05) is 12.1 Å². The fourth-order valence-electron chi connectivity index (χ4n) is 3.26. The molecule has 1 aliphatic heterocycles. The zero-order valence-corrected chi connectivity index (χ0v) is 16.4. The minimum atomic E-state index is -0.540. The number of fused-ring (bicyclic) bond motifs is 1. The van der Waals surface area contributed by atoms with Crippen LogP contribution in [-0.4, -0.2) is 37.8 Å². The van der Waals surface area contributed by atoms with E-state index in [1.54, 1.807) is 42.5 Å². The van der Waals surface area contributed by atoms with Crippen LogP contribution in [0.15, 0.2) is 42.5 Å². The quantitative estimate of drug-likeness (QED) is 0.343. The molecule has 0 bridgehead atoms. The van der Waals surface area contributed by atoms with Crippen LogP contribution in [0.4, 0.5) is 5.69 Å². The normalized spacial score (nSPS) is 14.3. The zero-order valence-electron chi connectivity index (χ0n) is 16.4. The molecule has 0 saturated heterocycles. The van der Waals surface area contributed by atoms with Gasteiger partial charge in [0, 0.05) is 23.6 Å². The Hall–Kier alpha value is -3.74. The number of carbonyl (C=O) groups is 4. The highest BCUT2D eigenvalue weighted by molar-refractivity contribution is 6.43. The Kier molecular flexibility index (Phi) is 5.32. The molecule has 0 saturated carbocycles. The molecule has 2 aromatic rings. The van der Waals surface area contributed by atoms with Crippen LogP contribution < -0.4 is 4.90 Å². The molecule has 2 aromatic carbocycles. The van der Waals surface area contributed by atoms with Crippen LogP contribution in [0.5, 0.6) is 0 Å². The summed E-state index contributed by atoms with van der Waals surface area (Å²) in [5.41, 5.74) is 2.30. The van der Waals surface area contributed by atoms with Crippen molar-refractivity contribution >= 4 is 40.6 Å². The smallest absolute Gasteiger partial charge is 0.337 e. The van der Waals surface area contributed by atoms with E-state index in [1.807, 2.05) is 0 Å². The number of hydrogen-bond acceptors (Lipinski definition) is 6. The minimum Gasteiger partial charge on any atom is -0.495 e. The number of nitrogens with zero attached hydrogens (tertiary/aromatic N) is 1. The van der Waals surface area contributed by atoms with Crippen LogP contribution in [0.25, 0.3) is 11.3 Å². The van der Waals surface area contributed by atoms with Gasteiger partial charge in [0.15, 0.2) is 5.78 Å². The molecule has 0 unspecified atom stereocenters. The third-order valence-corrected chi connectivity index (χ3v) is 4.64. The lowest BCUT2D eigenvalue weighted by Crippen LogP contribution is -2.31. The fourth-order valence-corrected chi connectivity index (χ4v) is 3.26. The van der Waals surface area contributed by atoms with Crippen molar-refractivity contribution in [3.05, 3.63) is 64.7 Å². The lowest BCUT2D eigenvalue weighted by Gasteiger charge is -2.13. The topological polar surface area (TPSA) is 90.0 Å². The Morgan fingerprint density at radius 2 is 1.41 bits per heavy atom. The molecule has 148 valence electrons. The van der Waals surface area contributed by atoms with Crippen molar-refractivity contribution in [2.24, 2.45) is 0 Å². The van der Waals surface area contributed by atoms with Crippen LogP contribution in [0, 0.1) is 0 Å². The predicted molar refractivity (Wildman–Crippen MR) is 106 cm³/mol. The standard InChI is InChI=1S/C22H19NO6/c1-12(24)16-9-10-18-17(11-16)19(21(26)23(18)13(2)25)20(28-3)14-5-7-15(8-6-14)22(27)29-4/h5-11H,1-4H3/b20-19-. The number of ketones is 1. The minimum absolute atomic E-state index is 0.165. The maximum atomic E-state index is 13.1. The van der Waals surface area contributed by atoms with Gasteiger partial charge < -0.3 is 9.47 Å². The lowest BCUT2D eigenvalue weighted by atomic mass is 9.98. The molecular weight excluding hydrogens is 374 g/mol. The number of Topliss-reactive ketones (excluding diaryl/α,β-unsaturated/α-hetero) is 1. The second kappa shape index (κ2) is 7.71. The molecule has 3 rings (SSSR count). The number of benzene rings is 2. The van der Waals surface area contributed by atoms with E-state index in [4.69, 9.17) is 4.74 Å². The van der Waals surface area contributed by atoms with Crippen molar-refractivity contribution in [2.75, 3.05) is 19.1 Å². The number of rotatable bonds is 4. The van der Waals surface area contributed by atoms with E-state index in [0.717, 1.165) is 4.90 Å². The second-order valence-corrected chi connectivity index (χ2v) is 6.42. The summed E-state index contributed by atoms with van der Waals surface area (Å²) in [7, 11) is 2.70. The summed E-state index contributed by atoms with van der Waals surface area (Å²) >= 11 is 0. The van der Waals surface area contributed by atoms with Gasteiger partial charge in [0.25, 0.3) is 5.91 Å². The third kappa shape index (κ3) is 3.42. The molecule has 2 amide bonds. The van der Waals surface area contributed by atoms with E-state index in [2.05, 4.69) is 4.74 Å². The van der Waals surface area contributed by atoms with Gasteiger partial charge in [-0.05, 0) is 37.3 Å². The molecule has 0 radical (unpaired) electrons. The fraction of sp³-hybridized carbons (Fsp3) is 0.182. The Bertz CT molecular complexity index is 1070. The van der Waals surface area contributed by atoms with Crippen LogP contribution in [0.1, 0.15) is 45.7 Å². The molecule has 7 nitrogen and oxygen atoms in total.